The molecule has 1 N–H and O–H groups in total. The number of thiazole rings is 2. The summed E-state index contributed by atoms with van der Waals surface area (Å²) in [7, 11) is 0. The molecule has 0 aliphatic rings. The van der Waals surface area contributed by atoms with Crippen molar-refractivity contribution < 1.29 is 4.79 Å². The van der Waals surface area contributed by atoms with Gasteiger partial charge in [0.15, 0.2) is 10.1 Å². The summed E-state index contributed by atoms with van der Waals surface area (Å²) in [4.78, 5) is 22.4. The zero-order chi connectivity index (χ0) is 14.1. The second-order valence-corrected chi connectivity index (χ2v) is 6.34. The molecule has 20 heavy (non-hydrogen) atoms. The third-order valence-corrected chi connectivity index (χ3v) is 4.30. The lowest BCUT2D eigenvalue weighted by Crippen LogP contribution is -2.07. The molecule has 0 atom stereocenters. The summed E-state index contributed by atoms with van der Waals surface area (Å²) in [6, 6.07) is 0. The van der Waals surface area contributed by atoms with Gasteiger partial charge in [-0.3, -0.25) is 14.5 Å². The van der Waals surface area contributed by atoms with Gasteiger partial charge in [-0.2, -0.15) is 0 Å². The van der Waals surface area contributed by atoms with E-state index in [0.29, 0.717) is 5.13 Å². The van der Waals surface area contributed by atoms with Gasteiger partial charge in [0.1, 0.15) is 0 Å². The van der Waals surface area contributed by atoms with Crippen molar-refractivity contribution in [1.29, 1.82) is 0 Å². The zero-order valence-corrected chi connectivity index (χ0v) is 12.6. The smallest absolute Gasteiger partial charge is 0.250 e. The molecule has 0 aromatic carbocycles. The third-order valence-electron chi connectivity index (χ3n) is 2.72. The lowest BCUT2D eigenvalue weighted by atomic mass is 10.3. The minimum Gasteiger partial charge on any atom is -0.298 e. The minimum atomic E-state index is -0.193. The largest absolute Gasteiger partial charge is 0.298 e. The number of hydrogen-bond donors (Lipinski definition) is 1. The number of carbonyl (C=O) groups excluding carboxylic acids is 1. The Morgan fingerprint density at radius 3 is 3.05 bits per heavy atom. The molecule has 0 aliphatic heterocycles. The minimum absolute atomic E-state index is 0.193. The Hall–Kier alpha value is -1.99. The van der Waals surface area contributed by atoms with Crippen LogP contribution in [0.4, 0.5) is 5.13 Å². The van der Waals surface area contributed by atoms with Crippen LogP contribution in [0, 0.1) is 13.8 Å². The lowest BCUT2D eigenvalue weighted by molar-refractivity contribution is -0.111. The van der Waals surface area contributed by atoms with Gasteiger partial charge in [0, 0.05) is 28.7 Å². The summed E-state index contributed by atoms with van der Waals surface area (Å²) in [5.74, 6) is -0.193. The highest BCUT2D eigenvalue weighted by Gasteiger charge is 2.09. The molecule has 5 nitrogen and oxygen atoms in total. The van der Waals surface area contributed by atoms with Gasteiger partial charge in [-0.1, -0.05) is 0 Å². The van der Waals surface area contributed by atoms with Crippen molar-refractivity contribution in [2.75, 3.05) is 5.32 Å². The van der Waals surface area contributed by atoms with Crippen LogP contribution in [0.3, 0.4) is 0 Å². The van der Waals surface area contributed by atoms with Crippen molar-refractivity contribution in [3.8, 4) is 0 Å². The standard InChI is InChI=1S/C13H12N4OS2/c1-8-7-17-10(9(2)15-13(17)20-8)3-4-11(18)16-12-14-5-6-19-12/h3-7H,1-2H3,(H,14,16,18). The number of rotatable bonds is 3. The molecule has 7 heteroatoms. The molecular weight excluding hydrogens is 292 g/mol. The van der Waals surface area contributed by atoms with E-state index in [-0.39, 0.29) is 5.91 Å². The number of hydrogen-bond acceptors (Lipinski definition) is 5. The molecule has 0 saturated carbocycles. The van der Waals surface area contributed by atoms with Gasteiger partial charge in [-0.05, 0) is 19.9 Å². The van der Waals surface area contributed by atoms with Crippen molar-refractivity contribution in [2.45, 2.75) is 13.8 Å². The third kappa shape index (κ3) is 2.50. The molecule has 0 fully saturated rings. The SMILES string of the molecule is Cc1cn2c(C=CC(=O)Nc3nccs3)c(C)nc2s1. The van der Waals surface area contributed by atoms with Gasteiger partial charge in [-0.25, -0.2) is 9.97 Å². The second-order valence-electron chi connectivity index (χ2n) is 4.24. The molecule has 0 spiro atoms. The summed E-state index contributed by atoms with van der Waals surface area (Å²) in [5, 5.41) is 5.13. The fraction of sp³-hybridized carbons (Fsp3) is 0.154. The molecule has 0 bridgehead atoms. The topological polar surface area (TPSA) is 59.3 Å². The number of anilines is 1. The molecule has 0 aliphatic carbocycles. The van der Waals surface area contributed by atoms with Crippen LogP contribution in [-0.4, -0.2) is 20.3 Å². The molecule has 3 aromatic heterocycles. The summed E-state index contributed by atoms with van der Waals surface area (Å²) in [5.41, 5.74) is 1.84. The first kappa shape index (κ1) is 13.0. The van der Waals surface area contributed by atoms with Gasteiger partial charge >= 0.3 is 0 Å². The Morgan fingerprint density at radius 1 is 1.45 bits per heavy atom. The van der Waals surface area contributed by atoms with Crippen molar-refractivity contribution in [2.24, 2.45) is 0 Å². The quantitative estimate of drug-likeness (QED) is 0.756. The molecule has 0 radical (unpaired) electrons. The molecule has 0 saturated heterocycles. The Labute approximate surface area is 123 Å². The number of carbonyl (C=O) groups is 1. The van der Waals surface area contributed by atoms with Crippen LogP contribution >= 0.6 is 22.7 Å². The maximum Gasteiger partial charge on any atom is 0.250 e. The maximum absolute atomic E-state index is 11.8. The predicted octanol–water partition coefficient (Wildman–Crippen LogP) is 3.12. The Morgan fingerprint density at radius 2 is 2.30 bits per heavy atom. The monoisotopic (exact) mass is 304 g/mol. The average molecular weight is 304 g/mol. The van der Waals surface area contributed by atoms with Crippen LogP contribution < -0.4 is 5.32 Å². The number of fused-ring (bicyclic) bond motifs is 1. The van der Waals surface area contributed by atoms with Crippen molar-refractivity contribution >= 4 is 44.7 Å². The second kappa shape index (κ2) is 5.18. The van der Waals surface area contributed by atoms with Crippen LogP contribution in [0.1, 0.15) is 16.3 Å². The zero-order valence-electron chi connectivity index (χ0n) is 11.0. The molecular formula is C13H12N4OS2. The number of imidazole rings is 1. The maximum atomic E-state index is 11.8. The molecule has 1 amide bonds. The first-order valence-electron chi connectivity index (χ1n) is 5.97. The Bertz CT molecular complexity index is 783. The van der Waals surface area contributed by atoms with Gasteiger partial charge < -0.3 is 0 Å². The number of amides is 1. The fourth-order valence-electron chi connectivity index (χ4n) is 1.87. The van der Waals surface area contributed by atoms with Crippen LogP contribution in [0.25, 0.3) is 11.0 Å². The highest BCUT2D eigenvalue weighted by Crippen LogP contribution is 2.21. The molecule has 3 heterocycles. The number of aryl methyl sites for hydroxylation is 2. The van der Waals surface area contributed by atoms with Gasteiger partial charge in [0.2, 0.25) is 5.91 Å². The summed E-state index contributed by atoms with van der Waals surface area (Å²) in [6.45, 7) is 3.98. The van der Waals surface area contributed by atoms with E-state index < -0.39 is 0 Å². The summed E-state index contributed by atoms with van der Waals surface area (Å²) >= 11 is 3.03. The van der Waals surface area contributed by atoms with Crippen LogP contribution in [0.15, 0.2) is 23.8 Å². The van der Waals surface area contributed by atoms with Gasteiger partial charge in [0.05, 0.1) is 11.4 Å². The van der Waals surface area contributed by atoms with Crippen LogP contribution in [0.5, 0.6) is 0 Å². The van der Waals surface area contributed by atoms with E-state index in [1.165, 1.54) is 22.3 Å². The number of nitrogens with zero attached hydrogens (tertiary/aromatic N) is 3. The van der Waals surface area contributed by atoms with Gasteiger partial charge in [0.25, 0.3) is 0 Å². The first-order chi connectivity index (χ1) is 9.63. The molecule has 3 aromatic rings. The number of nitrogens with one attached hydrogen (secondary N) is 1. The van der Waals surface area contributed by atoms with E-state index in [9.17, 15) is 4.79 Å². The Kier molecular flexibility index (Phi) is 3.37. The summed E-state index contributed by atoms with van der Waals surface area (Å²) < 4.78 is 2.00. The fourth-order valence-corrected chi connectivity index (χ4v) is 3.28. The average Bonchev–Trinajstić information content (AvgIpc) is 3.05. The van der Waals surface area contributed by atoms with Crippen molar-refractivity contribution in [3.63, 3.8) is 0 Å². The highest BCUT2D eigenvalue weighted by molar-refractivity contribution is 7.17. The summed E-state index contributed by atoms with van der Waals surface area (Å²) in [6.07, 6.45) is 6.97. The van der Waals surface area contributed by atoms with Crippen LogP contribution in [-0.2, 0) is 4.79 Å². The predicted molar refractivity (Wildman–Crippen MR) is 82.3 cm³/mol. The molecule has 102 valence electrons. The lowest BCUT2D eigenvalue weighted by Gasteiger charge is -1.96. The van der Waals surface area contributed by atoms with E-state index in [2.05, 4.69) is 15.3 Å². The van der Waals surface area contributed by atoms with Crippen molar-refractivity contribution in [1.82, 2.24) is 14.4 Å². The van der Waals surface area contributed by atoms with Gasteiger partial charge in [-0.15, -0.1) is 22.7 Å². The van der Waals surface area contributed by atoms with Crippen molar-refractivity contribution in [3.05, 3.63) is 40.1 Å². The van der Waals surface area contributed by atoms with E-state index in [1.54, 1.807) is 23.6 Å². The van der Waals surface area contributed by atoms with E-state index in [1.807, 2.05) is 29.8 Å². The van der Waals surface area contributed by atoms with E-state index in [4.69, 9.17) is 0 Å². The van der Waals surface area contributed by atoms with E-state index in [0.717, 1.165) is 16.3 Å². The normalized spacial score (nSPS) is 11.5. The first-order valence-corrected chi connectivity index (χ1v) is 7.67. The molecule has 3 rings (SSSR count). The highest BCUT2D eigenvalue weighted by atomic mass is 32.1. The number of aromatic nitrogens is 3. The van der Waals surface area contributed by atoms with E-state index >= 15 is 0 Å². The van der Waals surface area contributed by atoms with Crippen LogP contribution in [0.2, 0.25) is 0 Å². The Balaban J connectivity index is 1.83. The molecule has 0 unspecified atom stereocenters.